The molecule has 0 spiro atoms. The second kappa shape index (κ2) is 63.2. The molecule has 0 fully saturated rings. The van der Waals surface area contributed by atoms with E-state index in [1.165, 1.54) is 250 Å². The van der Waals surface area contributed by atoms with Crippen molar-refractivity contribution in [1.29, 1.82) is 0 Å². The van der Waals surface area contributed by atoms with E-state index in [1.807, 2.05) is 0 Å². The largest absolute Gasteiger partial charge is 0.462 e. The van der Waals surface area contributed by atoms with Crippen molar-refractivity contribution < 1.29 is 28.6 Å². The second-order valence-electron chi connectivity index (χ2n) is 22.4. The van der Waals surface area contributed by atoms with Crippen LogP contribution >= 0.6 is 0 Å². The van der Waals surface area contributed by atoms with Gasteiger partial charge in [-0.1, -0.05) is 288 Å². The van der Waals surface area contributed by atoms with Crippen LogP contribution in [0, 0.1) is 0 Å². The van der Waals surface area contributed by atoms with Gasteiger partial charge in [0.2, 0.25) is 0 Å². The highest BCUT2D eigenvalue weighted by molar-refractivity contribution is 5.71. The fourth-order valence-electron chi connectivity index (χ4n) is 9.85. The molecule has 6 nitrogen and oxygen atoms in total. The summed E-state index contributed by atoms with van der Waals surface area (Å²) in [5.41, 5.74) is 0. The van der Waals surface area contributed by atoms with Crippen LogP contribution in [0.25, 0.3) is 0 Å². The summed E-state index contributed by atoms with van der Waals surface area (Å²) in [4.78, 5) is 38.2. The lowest BCUT2D eigenvalue weighted by Gasteiger charge is -2.18. The lowest BCUT2D eigenvalue weighted by atomic mass is 10.0. The first kappa shape index (κ1) is 71.6. The molecule has 0 heterocycles. The Kier molecular flexibility index (Phi) is 61.1. The molecule has 0 aliphatic carbocycles. The van der Waals surface area contributed by atoms with E-state index in [2.05, 4.69) is 57.2 Å². The minimum atomic E-state index is -0.775. The maximum Gasteiger partial charge on any atom is 0.306 e. The van der Waals surface area contributed by atoms with E-state index in [0.29, 0.717) is 19.3 Å². The van der Waals surface area contributed by atoms with Gasteiger partial charge in [0.25, 0.3) is 0 Å². The Bertz CT molecular complexity index is 1240. The van der Waals surface area contributed by atoms with E-state index in [4.69, 9.17) is 14.2 Å². The number of carbonyl (C=O) groups is 3. The van der Waals surface area contributed by atoms with E-state index in [-0.39, 0.29) is 31.1 Å². The van der Waals surface area contributed by atoms with Gasteiger partial charge in [-0.15, -0.1) is 0 Å². The third-order valence-corrected chi connectivity index (χ3v) is 14.8. The van der Waals surface area contributed by atoms with Crippen molar-refractivity contribution in [2.45, 2.75) is 367 Å². The molecule has 434 valence electrons. The highest BCUT2D eigenvalue weighted by atomic mass is 16.6. The normalized spacial score (nSPS) is 12.2. The number of esters is 3. The molecule has 0 bridgehead atoms. The Morgan fingerprint density at radius 2 is 0.473 bits per heavy atom. The van der Waals surface area contributed by atoms with Crippen LogP contribution in [0.1, 0.15) is 361 Å². The molecule has 0 rings (SSSR count). The van der Waals surface area contributed by atoms with E-state index < -0.39 is 6.10 Å². The van der Waals surface area contributed by atoms with Crippen LogP contribution in [-0.4, -0.2) is 37.2 Å². The predicted molar refractivity (Wildman–Crippen MR) is 321 cm³/mol. The average molecular weight is 1040 g/mol. The van der Waals surface area contributed by atoms with Crippen molar-refractivity contribution in [3.8, 4) is 0 Å². The molecule has 0 amide bonds. The van der Waals surface area contributed by atoms with Crippen LogP contribution in [0.5, 0.6) is 0 Å². The van der Waals surface area contributed by atoms with Gasteiger partial charge in [-0.25, -0.2) is 0 Å². The fourth-order valence-corrected chi connectivity index (χ4v) is 9.85. The van der Waals surface area contributed by atoms with Gasteiger partial charge in [-0.2, -0.15) is 0 Å². The lowest BCUT2D eigenvalue weighted by Crippen LogP contribution is -2.30. The van der Waals surface area contributed by atoms with Crippen molar-refractivity contribution in [3.63, 3.8) is 0 Å². The zero-order chi connectivity index (χ0) is 53.6. The maximum atomic E-state index is 12.9. The third-order valence-electron chi connectivity index (χ3n) is 14.8. The minimum Gasteiger partial charge on any atom is -0.462 e. The first-order chi connectivity index (χ1) is 36.5. The summed E-state index contributed by atoms with van der Waals surface area (Å²) in [6, 6.07) is 0. The quantitative estimate of drug-likeness (QED) is 0.0261. The third kappa shape index (κ3) is 60.5. The molecule has 74 heavy (non-hydrogen) atoms. The Morgan fingerprint density at radius 3 is 0.730 bits per heavy atom. The second-order valence-corrected chi connectivity index (χ2v) is 22.4. The minimum absolute atomic E-state index is 0.0725. The van der Waals surface area contributed by atoms with Gasteiger partial charge in [0.1, 0.15) is 13.2 Å². The fraction of sp³-hybridized carbons (Fsp3) is 0.868. The van der Waals surface area contributed by atoms with Crippen LogP contribution < -0.4 is 0 Å². The molecule has 1 atom stereocenters. The van der Waals surface area contributed by atoms with Crippen molar-refractivity contribution in [2.24, 2.45) is 0 Å². The number of hydrogen-bond donors (Lipinski definition) is 0. The first-order valence-electron chi connectivity index (χ1n) is 33.0. The van der Waals surface area contributed by atoms with Gasteiger partial charge in [0.05, 0.1) is 0 Å². The number of hydrogen-bond acceptors (Lipinski definition) is 6. The molecule has 0 saturated carbocycles. The number of allylic oxidation sites excluding steroid dienone is 6. The molecule has 0 aliphatic heterocycles. The smallest absolute Gasteiger partial charge is 0.306 e. The van der Waals surface area contributed by atoms with E-state index >= 15 is 0 Å². The molecule has 0 radical (unpaired) electrons. The maximum absolute atomic E-state index is 12.9. The zero-order valence-corrected chi connectivity index (χ0v) is 49.9. The van der Waals surface area contributed by atoms with Crippen LogP contribution in [0.4, 0.5) is 0 Å². The van der Waals surface area contributed by atoms with Gasteiger partial charge in [0, 0.05) is 19.3 Å². The molecule has 0 saturated heterocycles. The molecule has 0 aliphatic rings. The van der Waals surface area contributed by atoms with Crippen molar-refractivity contribution >= 4 is 17.9 Å². The summed E-state index contributed by atoms with van der Waals surface area (Å²) in [5, 5.41) is 0. The van der Waals surface area contributed by atoms with Crippen LogP contribution in [0.3, 0.4) is 0 Å². The number of rotatable bonds is 61. The molecule has 1 unspecified atom stereocenters. The summed E-state index contributed by atoms with van der Waals surface area (Å²) in [6.07, 6.45) is 77.4. The molecule has 0 aromatic rings. The summed E-state index contributed by atoms with van der Waals surface area (Å²) < 4.78 is 16.9. The Hall–Kier alpha value is -2.37. The van der Waals surface area contributed by atoms with Crippen molar-refractivity contribution in [2.75, 3.05) is 13.2 Å². The summed E-state index contributed by atoms with van der Waals surface area (Å²) >= 11 is 0. The zero-order valence-electron chi connectivity index (χ0n) is 49.9. The van der Waals surface area contributed by atoms with Crippen molar-refractivity contribution in [3.05, 3.63) is 36.5 Å². The van der Waals surface area contributed by atoms with Gasteiger partial charge >= 0.3 is 17.9 Å². The number of unbranched alkanes of at least 4 members (excludes halogenated alkanes) is 44. The Morgan fingerprint density at radius 1 is 0.257 bits per heavy atom. The molecule has 0 aromatic carbocycles. The Labute approximate surface area is 461 Å². The standard InChI is InChI=1S/C68H126O6/c1-4-7-10-13-16-19-22-24-26-28-30-32-33-34-35-37-38-40-42-44-46-49-52-55-58-61-67(70)73-64-65(63-72-66(69)60-57-54-51-48-21-18-15-12-9-6-3)74-68(71)62-59-56-53-50-47-45-43-41-39-36-31-29-27-25-23-20-17-14-11-8-5-2/h12,15,28-31,65H,4-11,13-14,16-27,32-64H2,1-3H3/b15-12-,30-28-,31-29-. The highest BCUT2D eigenvalue weighted by Gasteiger charge is 2.19. The number of ether oxygens (including phenoxy) is 3. The van der Waals surface area contributed by atoms with Crippen molar-refractivity contribution in [1.82, 2.24) is 0 Å². The molecule has 6 heteroatoms. The van der Waals surface area contributed by atoms with E-state index in [1.54, 1.807) is 0 Å². The SMILES string of the molecule is CCC/C=C\CCCCCCCC(=O)OCC(COC(=O)CCCCCCCCCCCCCCC/C=C\CCCCCCCCCC)OC(=O)CCCCCCCCCCC/C=C\CCCCCCCCCC. The lowest BCUT2D eigenvalue weighted by molar-refractivity contribution is -0.167. The topological polar surface area (TPSA) is 78.9 Å². The van der Waals surface area contributed by atoms with E-state index in [0.717, 1.165) is 70.6 Å². The monoisotopic (exact) mass is 1040 g/mol. The van der Waals surface area contributed by atoms with Crippen LogP contribution in [0.2, 0.25) is 0 Å². The van der Waals surface area contributed by atoms with E-state index in [9.17, 15) is 14.4 Å². The number of carbonyl (C=O) groups excluding carboxylic acids is 3. The molecule has 0 aromatic heterocycles. The molecular weight excluding hydrogens is 913 g/mol. The van der Waals surface area contributed by atoms with Crippen LogP contribution in [0.15, 0.2) is 36.5 Å². The summed E-state index contributed by atoms with van der Waals surface area (Å²) in [6.45, 7) is 6.62. The summed E-state index contributed by atoms with van der Waals surface area (Å²) in [7, 11) is 0. The van der Waals surface area contributed by atoms with Gasteiger partial charge in [0.15, 0.2) is 6.10 Å². The highest BCUT2D eigenvalue weighted by Crippen LogP contribution is 2.17. The summed E-state index contributed by atoms with van der Waals surface area (Å²) in [5.74, 6) is -0.865. The predicted octanol–water partition coefficient (Wildman–Crippen LogP) is 22.4. The average Bonchev–Trinajstić information content (AvgIpc) is 3.40. The van der Waals surface area contributed by atoms with Gasteiger partial charge in [-0.05, 0) is 89.9 Å². The molecule has 0 N–H and O–H groups in total. The molecular formula is C68H126O6. The van der Waals surface area contributed by atoms with Crippen LogP contribution in [-0.2, 0) is 28.6 Å². The van der Waals surface area contributed by atoms with Gasteiger partial charge in [-0.3, -0.25) is 14.4 Å². The van der Waals surface area contributed by atoms with Gasteiger partial charge < -0.3 is 14.2 Å². The first-order valence-corrected chi connectivity index (χ1v) is 33.0. The Balaban J connectivity index is 4.18.